The van der Waals surface area contributed by atoms with Gasteiger partial charge in [-0.2, -0.15) is 5.10 Å². The molecule has 0 unspecified atom stereocenters. The molecule has 2 aromatic rings. The molecule has 2 rings (SSSR count). The fourth-order valence-corrected chi connectivity index (χ4v) is 2.78. The smallest absolute Gasteiger partial charge is 0.329 e. The number of ether oxygens (including phenoxy) is 2. The van der Waals surface area contributed by atoms with Crippen LogP contribution < -0.4 is 20.2 Å². The third kappa shape index (κ3) is 6.93. The number of nitrogens with zero attached hydrogens (tertiary/aromatic N) is 1. The van der Waals surface area contributed by atoms with Gasteiger partial charge in [-0.05, 0) is 29.7 Å². The van der Waals surface area contributed by atoms with E-state index in [1.54, 1.807) is 18.2 Å². The Morgan fingerprint density at radius 2 is 1.87 bits per heavy atom. The van der Waals surface area contributed by atoms with Crippen molar-refractivity contribution >= 4 is 41.2 Å². The highest BCUT2D eigenvalue weighted by atomic mass is 35.5. The van der Waals surface area contributed by atoms with Crippen LogP contribution in [0.3, 0.4) is 0 Å². The topological polar surface area (TPSA) is 89.0 Å². The number of methoxy groups -OCH3 is 1. The molecule has 9 heteroatoms. The number of hydrogen-bond acceptors (Lipinski definition) is 5. The van der Waals surface area contributed by atoms with Crippen LogP contribution in [-0.4, -0.2) is 31.7 Å². The first-order valence-electron chi connectivity index (χ1n) is 9.16. The van der Waals surface area contributed by atoms with Crippen LogP contribution in [0.4, 0.5) is 0 Å². The minimum Gasteiger partial charge on any atom is -0.493 e. The van der Waals surface area contributed by atoms with Crippen LogP contribution in [0.25, 0.3) is 0 Å². The third-order valence-electron chi connectivity index (χ3n) is 3.84. The second kappa shape index (κ2) is 11.4. The van der Waals surface area contributed by atoms with Crippen molar-refractivity contribution in [3.05, 3.63) is 57.6 Å². The molecule has 0 aliphatic heterocycles. The zero-order valence-corrected chi connectivity index (χ0v) is 18.4. The molecule has 2 amide bonds. The second-order valence-corrected chi connectivity index (χ2v) is 7.53. The molecule has 0 bridgehead atoms. The van der Waals surface area contributed by atoms with Gasteiger partial charge in [-0.25, -0.2) is 5.43 Å². The number of hydrogen-bond donors (Lipinski definition) is 2. The van der Waals surface area contributed by atoms with Crippen LogP contribution in [0.15, 0.2) is 41.5 Å². The molecule has 0 aliphatic rings. The van der Waals surface area contributed by atoms with Crippen molar-refractivity contribution in [2.45, 2.75) is 20.5 Å². The molecule has 0 saturated heterocycles. The average Bonchev–Trinajstić information content (AvgIpc) is 2.71. The molecule has 0 aromatic heterocycles. The van der Waals surface area contributed by atoms with Crippen LogP contribution in [0.1, 0.15) is 25.0 Å². The van der Waals surface area contributed by atoms with Gasteiger partial charge in [-0.1, -0.05) is 55.2 Å². The third-order valence-corrected chi connectivity index (χ3v) is 4.49. The number of nitrogens with one attached hydrogen (secondary N) is 2. The van der Waals surface area contributed by atoms with E-state index in [0.29, 0.717) is 33.7 Å². The standard InChI is InChI=1S/C21H23Cl2N3O4/c1-13(2)10-24-20(27)21(28)26-25-11-14-8-17(23)19(18(9-14)29-3)30-12-15-6-4-5-7-16(15)22/h4-9,11,13H,10,12H2,1-3H3,(H,24,27)(H,26,28)/b25-11-. The van der Waals surface area contributed by atoms with E-state index in [1.165, 1.54) is 13.3 Å². The Balaban J connectivity index is 2.04. The predicted octanol–water partition coefficient (Wildman–Crippen LogP) is 3.80. The first-order chi connectivity index (χ1) is 14.3. The zero-order valence-electron chi connectivity index (χ0n) is 16.9. The number of hydrazone groups is 1. The van der Waals surface area contributed by atoms with Gasteiger partial charge in [0.1, 0.15) is 6.61 Å². The SMILES string of the molecule is COc1cc(/C=N\NC(=O)C(=O)NCC(C)C)cc(Cl)c1OCc1ccccc1Cl. The summed E-state index contributed by atoms with van der Waals surface area (Å²) in [7, 11) is 1.48. The lowest BCUT2D eigenvalue weighted by molar-refractivity contribution is -0.139. The largest absolute Gasteiger partial charge is 0.493 e. The van der Waals surface area contributed by atoms with Crippen molar-refractivity contribution in [3.8, 4) is 11.5 Å². The number of benzene rings is 2. The van der Waals surface area contributed by atoms with E-state index < -0.39 is 11.8 Å². The van der Waals surface area contributed by atoms with Crippen LogP contribution in [-0.2, 0) is 16.2 Å². The highest BCUT2D eigenvalue weighted by molar-refractivity contribution is 6.35. The van der Waals surface area contributed by atoms with E-state index in [2.05, 4.69) is 15.8 Å². The van der Waals surface area contributed by atoms with Gasteiger partial charge in [-0.15, -0.1) is 0 Å². The maximum atomic E-state index is 11.7. The van der Waals surface area contributed by atoms with Crippen LogP contribution in [0.5, 0.6) is 11.5 Å². The quantitative estimate of drug-likeness (QED) is 0.362. The number of rotatable bonds is 8. The monoisotopic (exact) mass is 451 g/mol. The average molecular weight is 452 g/mol. The Kier molecular flexibility index (Phi) is 8.95. The Bertz CT molecular complexity index is 932. The molecule has 7 nitrogen and oxygen atoms in total. The van der Waals surface area contributed by atoms with Gasteiger partial charge >= 0.3 is 11.8 Å². The highest BCUT2D eigenvalue weighted by Crippen LogP contribution is 2.37. The van der Waals surface area contributed by atoms with Gasteiger partial charge in [-0.3, -0.25) is 9.59 Å². The molecule has 0 atom stereocenters. The van der Waals surface area contributed by atoms with Crippen LogP contribution in [0, 0.1) is 5.92 Å². The fourth-order valence-electron chi connectivity index (χ4n) is 2.31. The van der Waals surface area contributed by atoms with Crippen LogP contribution >= 0.6 is 23.2 Å². The summed E-state index contributed by atoms with van der Waals surface area (Å²) < 4.78 is 11.1. The van der Waals surface area contributed by atoms with Crippen molar-refractivity contribution in [2.24, 2.45) is 11.0 Å². The van der Waals surface area contributed by atoms with E-state index in [0.717, 1.165) is 5.56 Å². The lowest BCUT2D eigenvalue weighted by Crippen LogP contribution is -2.39. The van der Waals surface area contributed by atoms with Gasteiger partial charge < -0.3 is 14.8 Å². The molecule has 0 aliphatic carbocycles. The Labute approximate surface area is 185 Å². The van der Waals surface area contributed by atoms with E-state index in [1.807, 2.05) is 32.0 Å². The van der Waals surface area contributed by atoms with Crippen molar-refractivity contribution in [2.75, 3.05) is 13.7 Å². The summed E-state index contributed by atoms with van der Waals surface area (Å²) in [6, 6.07) is 10.6. The minimum absolute atomic E-state index is 0.213. The summed E-state index contributed by atoms with van der Waals surface area (Å²) in [5, 5.41) is 7.17. The molecule has 2 N–H and O–H groups in total. The molecular formula is C21H23Cl2N3O4. The summed E-state index contributed by atoms with van der Waals surface area (Å²) in [6.45, 7) is 4.47. The number of carbonyl (C=O) groups is 2. The number of amides is 2. The Morgan fingerprint density at radius 1 is 1.13 bits per heavy atom. The van der Waals surface area contributed by atoms with Gasteiger partial charge in [0, 0.05) is 17.1 Å². The van der Waals surface area contributed by atoms with E-state index in [9.17, 15) is 9.59 Å². The van der Waals surface area contributed by atoms with Gasteiger partial charge in [0.25, 0.3) is 0 Å². The summed E-state index contributed by atoms with van der Waals surface area (Å²) >= 11 is 12.5. The maximum Gasteiger partial charge on any atom is 0.329 e. The first-order valence-corrected chi connectivity index (χ1v) is 9.92. The van der Waals surface area contributed by atoms with Gasteiger partial charge in [0.2, 0.25) is 0 Å². The molecule has 0 spiro atoms. The molecule has 0 radical (unpaired) electrons. The molecule has 30 heavy (non-hydrogen) atoms. The van der Waals surface area contributed by atoms with Crippen LogP contribution in [0.2, 0.25) is 10.0 Å². The highest BCUT2D eigenvalue weighted by Gasteiger charge is 2.14. The molecule has 0 saturated carbocycles. The van der Waals surface area contributed by atoms with E-state index >= 15 is 0 Å². The van der Waals surface area contributed by atoms with Gasteiger partial charge in [0.05, 0.1) is 18.3 Å². The van der Waals surface area contributed by atoms with E-state index in [-0.39, 0.29) is 12.5 Å². The molecule has 2 aromatic carbocycles. The van der Waals surface area contributed by atoms with Gasteiger partial charge in [0.15, 0.2) is 11.5 Å². The normalized spacial score (nSPS) is 10.9. The zero-order chi connectivity index (χ0) is 22.1. The lowest BCUT2D eigenvalue weighted by atomic mass is 10.2. The molecular weight excluding hydrogens is 429 g/mol. The van der Waals surface area contributed by atoms with E-state index in [4.69, 9.17) is 32.7 Å². The fraction of sp³-hybridized carbons (Fsp3) is 0.286. The van der Waals surface area contributed by atoms with Crippen molar-refractivity contribution in [3.63, 3.8) is 0 Å². The molecule has 160 valence electrons. The summed E-state index contributed by atoms with van der Waals surface area (Å²) in [5.41, 5.74) is 3.52. The molecule has 0 heterocycles. The number of carbonyl (C=O) groups excluding carboxylic acids is 2. The lowest BCUT2D eigenvalue weighted by Gasteiger charge is -2.14. The molecule has 0 fully saturated rings. The minimum atomic E-state index is -0.857. The second-order valence-electron chi connectivity index (χ2n) is 6.72. The number of halogens is 2. The van der Waals surface area contributed by atoms with Crippen molar-refractivity contribution < 1.29 is 19.1 Å². The van der Waals surface area contributed by atoms with Crippen molar-refractivity contribution in [1.29, 1.82) is 0 Å². The predicted molar refractivity (Wildman–Crippen MR) is 117 cm³/mol. The van der Waals surface area contributed by atoms with Crippen molar-refractivity contribution in [1.82, 2.24) is 10.7 Å². The maximum absolute atomic E-state index is 11.7. The summed E-state index contributed by atoms with van der Waals surface area (Å²) in [5.74, 6) is -0.631. The summed E-state index contributed by atoms with van der Waals surface area (Å²) in [6.07, 6.45) is 1.35. The Hall–Kier alpha value is -2.77. The Morgan fingerprint density at radius 3 is 2.53 bits per heavy atom. The first kappa shape index (κ1) is 23.5. The summed E-state index contributed by atoms with van der Waals surface area (Å²) in [4.78, 5) is 23.4.